The molecule has 4 atom stereocenters. The summed E-state index contributed by atoms with van der Waals surface area (Å²) >= 11 is 0. The third kappa shape index (κ3) is 2.02. The maximum absolute atomic E-state index is 10.9. The van der Waals surface area contributed by atoms with Crippen LogP contribution in [0.1, 0.15) is 39.2 Å². The van der Waals surface area contributed by atoms with Gasteiger partial charge in [-0.2, -0.15) is 0 Å². The summed E-state index contributed by atoms with van der Waals surface area (Å²) in [6.45, 7) is 7.50. The van der Waals surface area contributed by atoms with Crippen LogP contribution in [-0.4, -0.2) is 16.7 Å². The van der Waals surface area contributed by atoms with Crippen molar-refractivity contribution in [2.75, 3.05) is 0 Å². The second kappa shape index (κ2) is 4.32. The van der Waals surface area contributed by atoms with Crippen molar-refractivity contribution in [3.05, 3.63) is 35.9 Å². The van der Waals surface area contributed by atoms with Gasteiger partial charge in [0.15, 0.2) is 0 Å². The molecule has 3 aliphatic carbocycles. The Hall–Kier alpha value is -0.860. The molecule has 0 radical (unpaired) electrons. The van der Waals surface area contributed by atoms with E-state index in [-0.39, 0.29) is 6.04 Å². The molecule has 19 heavy (non-hydrogen) atoms. The highest BCUT2D eigenvalue weighted by Crippen LogP contribution is 2.62. The smallest absolute Gasteiger partial charge is 0.0805 e. The van der Waals surface area contributed by atoms with Gasteiger partial charge in [0.1, 0.15) is 0 Å². The highest BCUT2D eigenvalue weighted by molar-refractivity contribution is 5.17. The Morgan fingerprint density at radius 2 is 1.84 bits per heavy atom. The first-order chi connectivity index (χ1) is 8.92. The molecule has 2 heteroatoms. The predicted molar refractivity (Wildman–Crippen MR) is 77.7 cm³/mol. The minimum Gasteiger partial charge on any atom is -0.388 e. The van der Waals surface area contributed by atoms with Crippen LogP contribution in [0.4, 0.5) is 0 Å². The fourth-order valence-corrected chi connectivity index (χ4v) is 4.30. The van der Waals surface area contributed by atoms with Crippen molar-refractivity contribution in [1.29, 1.82) is 0 Å². The van der Waals surface area contributed by atoms with Crippen LogP contribution in [0, 0.1) is 17.3 Å². The van der Waals surface area contributed by atoms with E-state index in [0.717, 1.165) is 18.9 Å². The van der Waals surface area contributed by atoms with E-state index in [4.69, 9.17) is 0 Å². The van der Waals surface area contributed by atoms with Crippen molar-refractivity contribution in [2.24, 2.45) is 17.3 Å². The highest BCUT2D eigenvalue weighted by atomic mass is 16.3. The fourth-order valence-electron chi connectivity index (χ4n) is 4.30. The first kappa shape index (κ1) is 13.1. The largest absolute Gasteiger partial charge is 0.388 e. The van der Waals surface area contributed by atoms with E-state index in [2.05, 4.69) is 43.4 Å². The number of hydrogen-bond acceptors (Lipinski definition) is 2. The van der Waals surface area contributed by atoms with Gasteiger partial charge in [-0.25, -0.2) is 0 Å². The summed E-state index contributed by atoms with van der Waals surface area (Å²) in [6, 6.07) is 10.7. The van der Waals surface area contributed by atoms with Crippen molar-refractivity contribution in [1.82, 2.24) is 5.32 Å². The lowest BCUT2D eigenvalue weighted by Gasteiger charge is -2.65. The number of fused-ring (bicyclic) bond motifs is 2. The first-order valence-electron chi connectivity index (χ1n) is 7.42. The molecule has 0 aliphatic heterocycles. The maximum atomic E-state index is 10.9. The Morgan fingerprint density at radius 3 is 2.42 bits per heavy atom. The monoisotopic (exact) mass is 259 g/mol. The molecule has 0 amide bonds. The molecule has 1 aromatic carbocycles. The van der Waals surface area contributed by atoms with E-state index in [1.807, 2.05) is 13.0 Å². The molecule has 0 saturated heterocycles. The van der Waals surface area contributed by atoms with Crippen LogP contribution in [0.2, 0.25) is 0 Å². The van der Waals surface area contributed by atoms with Gasteiger partial charge in [-0.1, -0.05) is 44.2 Å². The Kier molecular flexibility index (Phi) is 2.99. The van der Waals surface area contributed by atoms with E-state index in [0.29, 0.717) is 11.3 Å². The Morgan fingerprint density at radius 1 is 1.16 bits per heavy atom. The minimum atomic E-state index is -0.576. The van der Waals surface area contributed by atoms with Crippen molar-refractivity contribution < 1.29 is 5.11 Å². The van der Waals surface area contributed by atoms with E-state index in [1.54, 1.807) is 0 Å². The number of hydrogen-bond donors (Lipinski definition) is 2. The van der Waals surface area contributed by atoms with Gasteiger partial charge in [0.25, 0.3) is 0 Å². The average molecular weight is 259 g/mol. The molecule has 2 nitrogen and oxygen atoms in total. The summed E-state index contributed by atoms with van der Waals surface area (Å²) in [5.41, 5.74) is 1.03. The van der Waals surface area contributed by atoms with Crippen LogP contribution in [0.25, 0.3) is 0 Å². The molecule has 2 N–H and O–H groups in total. The van der Waals surface area contributed by atoms with Crippen molar-refractivity contribution in [3.8, 4) is 0 Å². The van der Waals surface area contributed by atoms with Crippen LogP contribution in [0.3, 0.4) is 0 Å². The van der Waals surface area contributed by atoms with Crippen molar-refractivity contribution in [2.45, 2.75) is 51.8 Å². The molecule has 0 spiro atoms. The SMILES string of the molecule is CC1(C)[C@H]2C[C@H](NCc3ccccc3)[C@](C)(O)[C@@H]1C2. The fraction of sp³-hybridized carbons (Fsp3) is 0.647. The molecular formula is C17H25NO. The molecule has 0 heterocycles. The zero-order chi connectivity index (χ0) is 13.7. The Balaban J connectivity index is 1.67. The third-order valence-electron chi connectivity index (χ3n) is 5.80. The van der Waals surface area contributed by atoms with Gasteiger partial charge in [-0.15, -0.1) is 0 Å². The van der Waals surface area contributed by atoms with Crippen molar-refractivity contribution in [3.63, 3.8) is 0 Å². The van der Waals surface area contributed by atoms with Gasteiger partial charge in [0.05, 0.1) is 5.60 Å². The lowest BCUT2D eigenvalue weighted by Crippen LogP contribution is -2.69. The maximum Gasteiger partial charge on any atom is 0.0805 e. The predicted octanol–water partition coefficient (Wildman–Crippen LogP) is 2.96. The van der Waals surface area contributed by atoms with Crippen LogP contribution < -0.4 is 5.32 Å². The van der Waals surface area contributed by atoms with Crippen LogP contribution >= 0.6 is 0 Å². The molecule has 1 aromatic rings. The summed E-state index contributed by atoms with van der Waals surface area (Å²) < 4.78 is 0. The summed E-state index contributed by atoms with van der Waals surface area (Å²) in [7, 11) is 0. The minimum absolute atomic E-state index is 0.226. The average Bonchev–Trinajstić information content (AvgIpc) is 2.37. The Labute approximate surface area is 116 Å². The zero-order valence-electron chi connectivity index (χ0n) is 12.2. The number of benzene rings is 1. The van der Waals surface area contributed by atoms with Crippen LogP contribution in [0.15, 0.2) is 30.3 Å². The van der Waals surface area contributed by atoms with Crippen LogP contribution in [-0.2, 0) is 6.54 Å². The molecule has 3 fully saturated rings. The molecule has 0 unspecified atom stereocenters. The molecule has 0 aromatic heterocycles. The number of rotatable bonds is 3. The van der Waals surface area contributed by atoms with Gasteiger partial charge in [0.2, 0.25) is 0 Å². The lowest BCUT2D eigenvalue weighted by atomic mass is 9.43. The number of nitrogens with one attached hydrogen (secondary N) is 1. The van der Waals surface area contributed by atoms with Gasteiger partial charge >= 0.3 is 0 Å². The van der Waals surface area contributed by atoms with Gasteiger partial charge in [0, 0.05) is 12.6 Å². The zero-order valence-corrected chi connectivity index (χ0v) is 12.2. The molecule has 4 rings (SSSR count). The number of aliphatic hydroxyl groups is 1. The summed E-state index contributed by atoms with van der Waals surface area (Å²) in [5.74, 6) is 1.21. The van der Waals surface area contributed by atoms with E-state index in [1.165, 1.54) is 12.0 Å². The topological polar surface area (TPSA) is 32.3 Å². The first-order valence-corrected chi connectivity index (χ1v) is 7.42. The third-order valence-corrected chi connectivity index (χ3v) is 5.80. The molecule has 2 bridgehead atoms. The van der Waals surface area contributed by atoms with Crippen molar-refractivity contribution >= 4 is 0 Å². The van der Waals surface area contributed by atoms with Gasteiger partial charge < -0.3 is 10.4 Å². The highest BCUT2D eigenvalue weighted by Gasteiger charge is 2.62. The quantitative estimate of drug-likeness (QED) is 0.874. The molecule has 3 aliphatic rings. The lowest BCUT2D eigenvalue weighted by molar-refractivity contribution is -0.209. The van der Waals surface area contributed by atoms with E-state index < -0.39 is 5.60 Å². The second-order valence-electron chi connectivity index (χ2n) is 7.19. The standard InChI is InChI=1S/C17H25NO/c1-16(2)13-9-14(16)17(3,19)15(10-13)18-11-12-7-5-4-6-8-12/h4-8,13-15,18-19H,9-11H2,1-3H3/t13-,14-,15+,17-/m1/s1. The molecule has 104 valence electrons. The van der Waals surface area contributed by atoms with E-state index in [9.17, 15) is 5.11 Å². The summed E-state index contributed by atoms with van der Waals surface area (Å²) in [4.78, 5) is 0. The summed E-state index contributed by atoms with van der Waals surface area (Å²) in [5, 5.41) is 14.5. The van der Waals surface area contributed by atoms with Gasteiger partial charge in [-0.3, -0.25) is 0 Å². The summed E-state index contributed by atoms with van der Waals surface area (Å²) in [6.07, 6.45) is 2.30. The molecule has 3 saturated carbocycles. The van der Waals surface area contributed by atoms with Gasteiger partial charge in [-0.05, 0) is 42.6 Å². The second-order valence-corrected chi connectivity index (χ2v) is 7.19. The van der Waals surface area contributed by atoms with Crippen LogP contribution in [0.5, 0.6) is 0 Å². The Bertz CT molecular complexity index is 452. The van der Waals surface area contributed by atoms with E-state index >= 15 is 0 Å². The molecular weight excluding hydrogens is 234 g/mol. The normalized spacial score (nSPS) is 39.7.